The van der Waals surface area contributed by atoms with E-state index >= 15 is 0 Å². The zero-order valence-electron chi connectivity index (χ0n) is 8.90. The van der Waals surface area contributed by atoms with Gasteiger partial charge in [-0.2, -0.15) is 0 Å². The smallest absolute Gasteiger partial charge is 0.284 e. The van der Waals surface area contributed by atoms with E-state index in [-0.39, 0.29) is 11.3 Å². The van der Waals surface area contributed by atoms with Gasteiger partial charge >= 0.3 is 0 Å². The minimum absolute atomic E-state index is 0.162. The number of aryl methyl sites for hydroxylation is 1. The van der Waals surface area contributed by atoms with Crippen molar-refractivity contribution >= 4 is 21.7 Å². The molecular weight excluding hydrogens is 198 g/mol. The second-order valence-corrected chi connectivity index (χ2v) is 3.96. The molecule has 1 aliphatic rings. The molecule has 0 aliphatic heterocycles. The molecule has 76 valence electrons. The predicted molar refractivity (Wildman–Crippen MR) is 63.6 cm³/mol. The Morgan fingerprint density at radius 1 is 1.44 bits per heavy atom. The van der Waals surface area contributed by atoms with Gasteiger partial charge in [-0.1, -0.05) is 29.7 Å². The highest BCUT2D eigenvalue weighted by Gasteiger charge is 2.42. The fourth-order valence-corrected chi connectivity index (χ4v) is 2.10. The van der Waals surface area contributed by atoms with Crippen molar-refractivity contribution in [2.24, 2.45) is 0 Å². The van der Waals surface area contributed by atoms with Crippen LogP contribution in [0.1, 0.15) is 22.3 Å². The predicted octanol–water partition coefficient (Wildman–Crippen LogP) is 1.34. The van der Waals surface area contributed by atoms with Crippen LogP contribution >= 0.6 is 0 Å². The molecule has 0 fully saturated rings. The largest absolute Gasteiger partial charge is 0.434 e. The first-order chi connectivity index (χ1) is 7.62. The normalized spacial score (nSPS) is 23.9. The molecule has 1 aliphatic carbocycles. The molecule has 4 radical (unpaired) electrons. The molecule has 0 amide bonds. The highest BCUT2D eigenvalue weighted by Crippen LogP contribution is 2.34. The number of hydrogen-bond acceptors (Lipinski definition) is 2. The van der Waals surface area contributed by atoms with Crippen LogP contribution in [0.2, 0.25) is 0 Å². The van der Waals surface area contributed by atoms with Gasteiger partial charge in [0.15, 0.2) is 5.78 Å². The molecule has 16 heavy (non-hydrogen) atoms. The first-order valence-corrected chi connectivity index (χ1v) is 5.07. The molecule has 2 nitrogen and oxygen atoms in total. The van der Waals surface area contributed by atoms with E-state index in [0.29, 0.717) is 18.4 Å². The van der Waals surface area contributed by atoms with Gasteiger partial charge in [-0.3, -0.25) is 4.79 Å². The van der Waals surface area contributed by atoms with Crippen LogP contribution in [0.5, 0.6) is 0 Å². The van der Waals surface area contributed by atoms with E-state index in [1.54, 1.807) is 6.07 Å². The monoisotopic (exact) mass is 208 g/mol. The number of hydrogen-bond donors (Lipinski definition) is 0. The van der Waals surface area contributed by atoms with Crippen molar-refractivity contribution in [3.05, 3.63) is 47.4 Å². The highest BCUT2D eigenvalue weighted by atomic mass is 16.5. The Morgan fingerprint density at radius 2 is 2.12 bits per heavy atom. The number of rotatable bonds is 2. The molecule has 1 aromatic rings. The zero-order chi connectivity index (χ0) is 11.8. The van der Waals surface area contributed by atoms with Crippen LogP contribution in [-0.2, 0) is 11.1 Å². The lowest BCUT2D eigenvalue weighted by Crippen LogP contribution is -2.46. The SMILES string of the molecule is [B]OC1(C([B])=C)CCc2ccccc2C1=O. The van der Waals surface area contributed by atoms with Crippen molar-refractivity contribution in [3.63, 3.8) is 0 Å². The number of fused-ring (bicyclic) bond motifs is 1. The molecule has 4 heteroatoms. The van der Waals surface area contributed by atoms with E-state index in [4.69, 9.17) is 20.5 Å². The first kappa shape index (κ1) is 11.2. The molecule has 0 spiro atoms. The molecule has 0 heterocycles. The van der Waals surface area contributed by atoms with E-state index in [0.717, 1.165) is 5.56 Å². The van der Waals surface area contributed by atoms with Gasteiger partial charge in [0.25, 0.3) is 8.05 Å². The zero-order valence-corrected chi connectivity index (χ0v) is 8.90. The van der Waals surface area contributed by atoms with Gasteiger partial charge in [0.05, 0.1) is 0 Å². The van der Waals surface area contributed by atoms with Crippen LogP contribution in [-0.4, -0.2) is 27.3 Å². The molecule has 0 bridgehead atoms. The van der Waals surface area contributed by atoms with Crippen molar-refractivity contribution in [2.45, 2.75) is 18.4 Å². The van der Waals surface area contributed by atoms with Crippen molar-refractivity contribution < 1.29 is 9.45 Å². The molecule has 0 aromatic heterocycles. The number of Topliss-reactive ketones (excluding diaryl/α,β-unsaturated/α-hetero) is 1. The van der Waals surface area contributed by atoms with Crippen molar-refractivity contribution in [3.8, 4) is 0 Å². The average molecular weight is 208 g/mol. The Labute approximate surface area is 97.5 Å². The fourth-order valence-electron chi connectivity index (χ4n) is 2.10. The quantitative estimate of drug-likeness (QED) is 0.685. The van der Waals surface area contributed by atoms with Crippen LogP contribution < -0.4 is 0 Å². The summed E-state index contributed by atoms with van der Waals surface area (Å²) in [5.74, 6) is -0.204. The number of carbonyl (C=O) groups is 1. The van der Waals surface area contributed by atoms with E-state index in [2.05, 4.69) is 6.58 Å². The van der Waals surface area contributed by atoms with Gasteiger partial charge in [0, 0.05) is 5.56 Å². The summed E-state index contributed by atoms with van der Waals surface area (Å²) in [4.78, 5) is 12.3. The summed E-state index contributed by atoms with van der Waals surface area (Å²) in [5, 5.41) is 0. The third-order valence-electron chi connectivity index (χ3n) is 3.10. The Kier molecular flexibility index (Phi) is 2.76. The summed E-state index contributed by atoms with van der Waals surface area (Å²) in [6, 6.07) is 7.39. The number of carbonyl (C=O) groups excluding carboxylic acids is 1. The Morgan fingerprint density at radius 3 is 2.75 bits per heavy atom. The second kappa shape index (κ2) is 3.95. The lowest BCUT2D eigenvalue weighted by molar-refractivity contribution is 0.0584. The van der Waals surface area contributed by atoms with E-state index in [1.165, 1.54) is 0 Å². The van der Waals surface area contributed by atoms with Crippen molar-refractivity contribution in [2.75, 3.05) is 0 Å². The highest BCUT2D eigenvalue weighted by molar-refractivity contribution is 6.28. The van der Waals surface area contributed by atoms with Crippen LogP contribution in [0.4, 0.5) is 0 Å². The minimum atomic E-state index is -1.26. The van der Waals surface area contributed by atoms with Crippen LogP contribution in [0, 0.1) is 0 Å². The van der Waals surface area contributed by atoms with Gasteiger partial charge in [0.2, 0.25) is 0 Å². The maximum Gasteiger partial charge on any atom is 0.284 e. The third-order valence-corrected chi connectivity index (χ3v) is 3.10. The fraction of sp³-hybridized carbons (Fsp3) is 0.250. The number of benzene rings is 1. The van der Waals surface area contributed by atoms with E-state index in [9.17, 15) is 4.79 Å². The van der Waals surface area contributed by atoms with Crippen LogP contribution in [0.25, 0.3) is 0 Å². The standard InChI is InChI=1S/C12H10B2O2/c1-8(13)12(16-14)7-6-9-4-2-3-5-10(9)11(12)15/h2-5H,1,6-7H2. The van der Waals surface area contributed by atoms with Crippen LogP contribution in [0.15, 0.2) is 36.3 Å². The van der Waals surface area contributed by atoms with Crippen molar-refractivity contribution in [1.82, 2.24) is 0 Å². The van der Waals surface area contributed by atoms with Gasteiger partial charge in [-0.05, 0) is 18.4 Å². The van der Waals surface area contributed by atoms with E-state index < -0.39 is 5.60 Å². The maximum absolute atomic E-state index is 12.3. The van der Waals surface area contributed by atoms with Crippen molar-refractivity contribution in [1.29, 1.82) is 0 Å². The Balaban J connectivity index is 2.52. The minimum Gasteiger partial charge on any atom is -0.434 e. The van der Waals surface area contributed by atoms with Gasteiger partial charge < -0.3 is 4.65 Å². The molecule has 1 aromatic carbocycles. The first-order valence-electron chi connectivity index (χ1n) is 5.07. The molecule has 1 unspecified atom stereocenters. The average Bonchev–Trinajstić information content (AvgIpc) is 2.30. The Bertz CT molecular complexity index is 456. The summed E-state index contributed by atoms with van der Waals surface area (Å²) < 4.78 is 4.84. The topological polar surface area (TPSA) is 26.3 Å². The third kappa shape index (κ3) is 1.45. The molecule has 0 saturated heterocycles. The molecule has 0 N–H and O–H groups in total. The maximum atomic E-state index is 12.3. The lowest BCUT2D eigenvalue weighted by Gasteiger charge is -2.37. The molecule has 1 atom stereocenters. The summed E-state index contributed by atoms with van der Waals surface area (Å²) in [6.45, 7) is 3.60. The van der Waals surface area contributed by atoms with Gasteiger partial charge in [0.1, 0.15) is 13.4 Å². The van der Waals surface area contributed by atoms with Gasteiger partial charge in [-0.15, -0.1) is 6.58 Å². The molecule has 0 saturated carbocycles. The molecule has 2 rings (SSSR count). The summed E-state index contributed by atoms with van der Waals surface area (Å²) in [7, 11) is 10.9. The van der Waals surface area contributed by atoms with Crippen LogP contribution in [0.3, 0.4) is 0 Å². The number of ketones is 1. The summed E-state index contributed by atoms with van der Waals surface area (Å²) in [5.41, 5.74) is 0.524. The lowest BCUT2D eigenvalue weighted by atomic mass is 9.69. The second-order valence-electron chi connectivity index (χ2n) is 3.96. The Hall–Kier alpha value is -1.28. The summed E-state index contributed by atoms with van der Waals surface area (Å²) in [6.07, 6.45) is 1.14. The molecular formula is C12H10B2O2. The summed E-state index contributed by atoms with van der Waals surface area (Å²) >= 11 is 0. The van der Waals surface area contributed by atoms with E-state index in [1.807, 2.05) is 18.2 Å². The van der Waals surface area contributed by atoms with Gasteiger partial charge in [-0.25, -0.2) is 0 Å².